The first-order valence-corrected chi connectivity index (χ1v) is 7.91. The fourth-order valence-electron chi connectivity index (χ4n) is 1.00. The van der Waals surface area contributed by atoms with Crippen LogP contribution in [0.5, 0.6) is 0 Å². The molecular weight excluding hydrogens is 261 g/mol. The SMILES string of the molecule is C=[As]c1ccc(S(=O)(=O)NCC)cc1. The maximum atomic E-state index is 11.5. The van der Waals surface area contributed by atoms with E-state index in [1.807, 2.05) is 12.1 Å². The zero-order valence-corrected chi connectivity index (χ0v) is 10.6. The molecule has 5 heteroatoms. The summed E-state index contributed by atoms with van der Waals surface area (Å²) in [5, 5.41) is 3.81. The Labute approximate surface area is 90.8 Å². The standard InChI is InChI=1S/C9H12AsNO2S/c1-3-11-14(12,13)9-6-4-8(10-2)5-7-9/h4-7,11H,2-3H2,1H3. The Morgan fingerprint density at radius 1 is 1.36 bits per heavy atom. The fourth-order valence-corrected chi connectivity index (χ4v) is 2.80. The average Bonchev–Trinajstić information content (AvgIpc) is 2.18. The molecule has 0 spiro atoms. The van der Waals surface area contributed by atoms with Crippen LogP contribution in [0.25, 0.3) is 0 Å². The molecule has 0 aliphatic carbocycles. The van der Waals surface area contributed by atoms with Crippen molar-refractivity contribution in [1.29, 1.82) is 0 Å². The van der Waals surface area contributed by atoms with Gasteiger partial charge in [0.25, 0.3) is 0 Å². The minimum absolute atomic E-state index is 0.0834. The van der Waals surface area contributed by atoms with Gasteiger partial charge in [-0.05, 0) is 0 Å². The average molecular weight is 273 g/mol. The van der Waals surface area contributed by atoms with Crippen LogP contribution in [0.2, 0.25) is 0 Å². The second-order valence-corrected chi connectivity index (χ2v) is 6.17. The minimum atomic E-state index is -3.30. The molecule has 14 heavy (non-hydrogen) atoms. The third kappa shape index (κ3) is 2.77. The summed E-state index contributed by atoms with van der Waals surface area (Å²) < 4.78 is 26.6. The second kappa shape index (κ2) is 4.87. The van der Waals surface area contributed by atoms with Gasteiger partial charge in [-0.25, -0.2) is 0 Å². The summed E-state index contributed by atoms with van der Waals surface area (Å²) in [6.07, 6.45) is 0. The number of nitrogens with one attached hydrogen (secondary N) is 1. The molecule has 0 atom stereocenters. The number of hydrogen-bond donors (Lipinski definition) is 1. The Morgan fingerprint density at radius 3 is 2.36 bits per heavy atom. The Balaban J connectivity index is 3.03. The molecule has 0 saturated heterocycles. The molecule has 0 bridgehead atoms. The molecule has 0 fully saturated rings. The topological polar surface area (TPSA) is 46.2 Å². The number of sulfonamides is 1. The molecule has 0 amide bonds. The van der Waals surface area contributed by atoms with Gasteiger partial charge in [0.1, 0.15) is 0 Å². The molecule has 1 aromatic rings. The molecule has 1 N–H and O–H groups in total. The van der Waals surface area contributed by atoms with E-state index in [-0.39, 0.29) is 15.3 Å². The Kier molecular flexibility index (Phi) is 4.05. The van der Waals surface area contributed by atoms with Crippen LogP contribution in [-0.2, 0) is 10.0 Å². The molecule has 0 unspecified atom stereocenters. The summed E-state index contributed by atoms with van der Waals surface area (Å²) in [5.74, 6) is 0. The third-order valence-corrected chi connectivity index (χ3v) is 4.62. The second-order valence-electron chi connectivity index (χ2n) is 2.65. The van der Waals surface area contributed by atoms with Gasteiger partial charge in [-0.3, -0.25) is 0 Å². The van der Waals surface area contributed by atoms with Crippen LogP contribution in [0.1, 0.15) is 6.92 Å². The van der Waals surface area contributed by atoms with Crippen molar-refractivity contribution in [2.24, 2.45) is 0 Å². The molecule has 1 aromatic carbocycles. The van der Waals surface area contributed by atoms with Crippen LogP contribution in [0.3, 0.4) is 0 Å². The van der Waals surface area contributed by atoms with Gasteiger partial charge in [0.2, 0.25) is 0 Å². The van der Waals surface area contributed by atoms with Crippen molar-refractivity contribution in [2.75, 3.05) is 6.54 Å². The van der Waals surface area contributed by atoms with Crippen molar-refractivity contribution in [3.63, 3.8) is 0 Å². The first-order valence-electron chi connectivity index (χ1n) is 4.16. The molecule has 0 aromatic heterocycles. The van der Waals surface area contributed by atoms with Gasteiger partial charge in [-0.15, -0.1) is 0 Å². The molecule has 3 nitrogen and oxygen atoms in total. The predicted molar refractivity (Wildman–Crippen MR) is 59.8 cm³/mol. The van der Waals surface area contributed by atoms with Crippen molar-refractivity contribution in [3.05, 3.63) is 24.3 Å². The summed E-state index contributed by atoms with van der Waals surface area (Å²) >= 11 is -0.0834. The van der Waals surface area contributed by atoms with Gasteiger partial charge < -0.3 is 0 Å². The van der Waals surface area contributed by atoms with E-state index in [2.05, 4.69) is 10.0 Å². The fraction of sp³-hybridized carbons (Fsp3) is 0.222. The molecule has 0 saturated carbocycles. The molecular formula is C9H12AsNO2S. The maximum absolute atomic E-state index is 11.5. The first-order chi connectivity index (χ1) is 6.60. The summed E-state index contributed by atoms with van der Waals surface area (Å²) in [6.45, 7) is 2.16. The van der Waals surface area contributed by atoms with Gasteiger partial charge in [-0.2, -0.15) is 0 Å². The van der Waals surface area contributed by atoms with E-state index in [9.17, 15) is 8.42 Å². The van der Waals surface area contributed by atoms with Gasteiger partial charge in [-0.1, -0.05) is 0 Å². The predicted octanol–water partition coefficient (Wildman–Crippen LogP) is -0.254. The van der Waals surface area contributed by atoms with E-state index in [4.69, 9.17) is 0 Å². The Morgan fingerprint density at radius 2 is 1.93 bits per heavy atom. The number of benzene rings is 1. The van der Waals surface area contributed by atoms with E-state index >= 15 is 0 Å². The van der Waals surface area contributed by atoms with Crippen LogP contribution in [-0.4, -0.2) is 35.6 Å². The number of rotatable bonds is 4. The molecule has 1 rings (SSSR count). The van der Waals surface area contributed by atoms with Gasteiger partial charge in [0.05, 0.1) is 0 Å². The van der Waals surface area contributed by atoms with E-state index in [0.29, 0.717) is 11.4 Å². The van der Waals surface area contributed by atoms with E-state index in [1.54, 1.807) is 19.1 Å². The van der Waals surface area contributed by atoms with Crippen LogP contribution >= 0.6 is 0 Å². The van der Waals surface area contributed by atoms with E-state index in [1.165, 1.54) is 0 Å². The zero-order valence-electron chi connectivity index (χ0n) is 7.90. The van der Waals surface area contributed by atoms with E-state index in [0.717, 1.165) is 4.35 Å². The van der Waals surface area contributed by atoms with Gasteiger partial charge in [0, 0.05) is 0 Å². The molecule has 0 aliphatic heterocycles. The number of hydrogen-bond acceptors (Lipinski definition) is 2. The third-order valence-electron chi connectivity index (χ3n) is 1.66. The summed E-state index contributed by atoms with van der Waals surface area (Å²) in [6, 6.07) is 6.87. The Bertz CT molecular complexity index is 411. The van der Waals surface area contributed by atoms with Crippen molar-refractivity contribution in [1.82, 2.24) is 4.72 Å². The van der Waals surface area contributed by atoms with Gasteiger partial charge >= 0.3 is 90.8 Å². The first kappa shape index (κ1) is 11.6. The monoisotopic (exact) mass is 273 g/mol. The molecule has 76 valence electrons. The van der Waals surface area contributed by atoms with Crippen molar-refractivity contribution in [2.45, 2.75) is 11.8 Å². The van der Waals surface area contributed by atoms with Crippen LogP contribution in [0.4, 0.5) is 0 Å². The Hall–Kier alpha value is -0.442. The van der Waals surface area contributed by atoms with Crippen LogP contribution in [0.15, 0.2) is 29.2 Å². The summed E-state index contributed by atoms with van der Waals surface area (Å²) in [7, 11) is -3.30. The van der Waals surface area contributed by atoms with Crippen LogP contribution in [0, 0.1) is 0 Å². The van der Waals surface area contributed by atoms with Gasteiger partial charge in [0.15, 0.2) is 0 Å². The molecule has 0 aliphatic rings. The molecule has 0 heterocycles. The van der Waals surface area contributed by atoms with E-state index < -0.39 is 10.0 Å². The molecule has 0 radical (unpaired) electrons. The zero-order chi connectivity index (χ0) is 10.6. The van der Waals surface area contributed by atoms with Crippen molar-refractivity contribution >= 4 is 35.0 Å². The quantitative estimate of drug-likeness (QED) is 0.769. The normalized spacial score (nSPS) is 11.8. The van der Waals surface area contributed by atoms with Crippen LogP contribution < -0.4 is 9.07 Å². The van der Waals surface area contributed by atoms with Crippen molar-refractivity contribution in [3.8, 4) is 0 Å². The van der Waals surface area contributed by atoms with Crippen molar-refractivity contribution < 1.29 is 8.42 Å². The summed E-state index contributed by atoms with van der Waals surface area (Å²) in [4.78, 5) is 0.317. The summed E-state index contributed by atoms with van der Waals surface area (Å²) in [5.41, 5.74) is 0.